The molecule has 1 amide bonds. The van der Waals surface area contributed by atoms with Crippen molar-refractivity contribution in [1.82, 2.24) is 10.3 Å². The smallest absolute Gasteiger partial charge is 0.355 e. The Morgan fingerprint density at radius 2 is 2.21 bits per heavy atom. The van der Waals surface area contributed by atoms with Crippen molar-refractivity contribution in [1.29, 1.82) is 0 Å². The van der Waals surface area contributed by atoms with Crippen LogP contribution in [0.25, 0.3) is 0 Å². The maximum Gasteiger partial charge on any atom is 0.355 e. The molecule has 19 heavy (non-hydrogen) atoms. The van der Waals surface area contributed by atoms with Crippen LogP contribution in [0, 0.1) is 11.8 Å². The third-order valence-electron chi connectivity index (χ3n) is 3.73. The Labute approximate surface area is 116 Å². The van der Waals surface area contributed by atoms with E-state index in [1.165, 1.54) is 24.6 Å². The highest BCUT2D eigenvalue weighted by Crippen LogP contribution is 2.28. The van der Waals surface area contributed by atoms with Crippen LogP contribution in [0.15, 0.2) is 5.38 Å². The number of thiazole rings is 1. The molecule has 0 saturated heterocycles. The summed E-state index contributed by atoms with van der Waals surface area (Å²) in [6.45, 7) is 2.88. The number of carboxylic acids is 1. The molecule has 0 radical (unpaired) electrons. The first-order valence-electron chi connectivity index (χ1n) is 6.55. The first kappa shape index (κ1) is 14.0. The largest absolute Gasteiger partial charge is 0.476 e. The van der Waals surface area contributed by atoms with Gasteiger partial charge in [-0.1, -0.05) is 26.2 Å². The van der Waals surface area contributed by atoms with E-state index < -0.39 is 5.97 Å². The monoisotopic (exact) mass is 282 g/mol. The highest BCUT2D eigenvalue weighted by Gasteiger charge is 2.22. The van der Waals surface area contributed by atoms with Crippen molar-refractivity contribution < 1.29 is 14.7 Å². The molecule has 5 nitrogen and oxygen atoms in total. The minimum Gasteiger partial charge on any atom is -0.476 e. The van der Waals surface area contributed by atoms with Crippen LogP contribution in [0.1, 0.15) is 52.9 Å². The molecule has 2 N–H and O–H groups in total. The van der Waals surface area contributed by atoms with Gasteiger partial charge in [0.05, 0.1) is 0 Å². The second-order valence-corrected chi connectivity index (χ2v) is 5.93. The van der Waals surface area contributed by atoms with Gasteiger partial charge in [0.1, 0.15) is 0 Å². The summed E-state index contributed by atoms with van der Waals surface area (Å²) in [7, 11) is 0. The van der Waals surface area contributed by atoms with Gasteiger partial charge in [-0.05, 0) is 18.3 Å². The van der Waals surface area contributed by atoms with Crippen LogP contribution in [0.5, 0.6) is 0 Å². The second kappa shape index (κ2) is 6.14. The van der Waals surface area contributed by atoms with Crippen LogP contribution in [0.3, 0.4) is 0 Å². The molecule has 1 aromatic rings. The van der Waals surface area contributed by atoms with Crippen molar-refractivity contribution in [3.05, 3.63) is 16.1 Å². The van der Waals surface area contributed by atoms with Crippen molar-refractivity contribution in [2.45, 2.75) is 32.6 Å². The summed E-state index contributed by atoms with van der Waals surface area (Å²) >= 11 is 1.07. The number of aromatic nitrogens is 1. The molecular weight excluding hydrogens is 264 g/mol. The summed E-state index contributed by atoms with van der Waals surface area (Å²) in [6.07, 6.45) is 4.88. The summed E-state index contributed by atoms with van der Waals surface area (Å²) in [5.74, 6) is -0.206. The lowest BCUT2D eigenvalue weighted by Crippen LogP contribution is -2.33. The van der Waals surface area contributed by atoms with Crippen molar-refractivity contribution in [3.63, 3.8) is 0 Å². The molecular formula is C13H18N2O3S. The topological polar surface area (TPSA) is 79.3 Å². The molecule has 1 saturated carbocycles. The molecule has 2 unspecified atom stereocenters. The molecule has 1 aromatic heterocycles. The lowest BCUT2D eigenvalue weighted by Gasteiger charge is -2.28. The summed E-state index contributed by atoms with van der Waals surface area (Å²) in [5, 5.41) is 13.2. The fourth-order valence-electron chi connectivity index (χ4n) is 2.47. The molecule has 1 aliphatic rings. The highest BCUT2D eigenvalue weighted by molar-refractivity contribution is 7.11. The lowest BCUT2D eigenvalue weighted by molar-refractivity contribution is 0.0691. The van der Waals surface area contributed by atoms with E-state index in [9.17, 15) is 9.59 Å². The molecule has 2 atom stereocenters. The van der Waals surface area contributed by atoms with Crippen LogP contribution in [-0.2, 0) is 0 Å². The van der Waals surface area contributed by atoms with Crippen LogP contribution in [-0.4, -0.2) is 28.5 Å². The van der Waals surface area contributed by atoms with Gasteiger partial charge in [-0.2, -0.15) is 0 Å². The molecule has 0 aromatic carbocycles. The van der Waals surface area contributed by atoms with E-state index in [0.29, 0.717) is 18.4 Å². The van der Waals surface area contributed by atoms with E-state index >= 15 is 0 Å². The average Bonchev–Trinajstić information content (AvgIpc) is 2.87. The normalized spacial score (nSPS) is 23.0. The van der Waals surface area contributed by atoms with Crippen molar-refractivity contribution in [2.24, 2.45) is 11.8 Å². The van der Waals surface area contributed by atoms with E-state index in [0.717, 1.165) is 17.8 Å². The van der Waals surface area contributed by atoms with Gasteiger partial charge in [-0.25, -0.2) is 9.78 Å². The molecule has 0 bridgehead atoms. The van der Waals surface area contributed by atoms with Crippen LogP contribution in [0.4, 0.5) is 0 Å². The number of carboxylic acid groups (broad SMARTS) is 1. The SMILES string of the molecule is CC1CCCCC1CNC(=O)c1nc(C(=O)O)cs1. The van der Waals surface area contributed by atoms with E-state index in [4.69, 9.17) is 5.11 Å². The predicted octanol–water partition coefficient (Wildman–Crippen LogP) is 2.40. The van der Waals surface area contributed by atoms with Gasteiger partial charge in [-0.3, -0.25) is 4.79 Å². The minimum atomic E-state index is -1.10. The zero-order chi connectivity index (χ0) is 13.8. The van der Waals surface area contributed by atoms with E-state index in [-0.39, 0.29) is 16.6 Å². The third-order valence-corrected chi connectivity index (χ3v) is 4.57. The number of rotatable bonds is 4. The van der Waals surface area contributed by atoms with E-state index in [1.807, 2.05) is 0 Å². The Morgan fingerprint density at radius 3 is 2.84 bits per heavy atom. The number of hydrogen-bond donors (Lipinski definition) is 2. The number of hydrogen-bond acceptors (Lipinski definition) is 4. The molecule has 1 fully saturated rings. The third kappa shape index (κ3) is 3.53. The molecule has 6 heteroatoms. The summed E-state index contributed by atoms with van der Waals surface area (Å²) in [6, 6.07) is 0. The summed E-state index contributed by atoms with van der Waals surface area (Å²) in [5.41, 5.74) is -0.0683. The summed E-state index contributed by atoms with van der Waals surface area (Å²) in [4.78, 5) is 26.4. The van der Waals surface area contributed by atoms with Crippen LogP contribution >= 0.6 is 11.3 Å². The Kier molecular flexibility index (Phi) is 4.52. The highest BCUT2D eigenvalue weighted by atomic mass is 32.1. The minimum absolute atomic E-state index is 0.0683. The molecule has 2 rings (SSSR count). The van der Waals surface area contributed by atoms with Gasteiger partial charge < -0.3 is 10.4 Å². The number of nitrogens with zero attached hydrogens (tertiary/aromatic N) is 1. The van der Waals surface area contributed by atoms with E-state index in [2.05, 4.69) is 17.2 Å². The number of carbonyl (C=O) groups is 2. The Morgan fingerprint density at radius 1 is 1.47 bits per heavy atom. The average molecular weight is 282 g/mol. The van der Waals surface area contributed by atoms with Gasteiger partial charge in [0.15, 0.2) is 10.7 Å². The number of aromatic carboxylic acids is 1. The molecule has 0 aliphatic heterocycles. The molecule has 1 heterocycles. The van der Waals surface area contributed by atoms with Gasteiger partial charge in [0.2, 0.25) is 0 Å². The maximum absolute atomic E-state index is 11.9. The summed E-state index contributed by atoms with van der Waals surface area (Å²) < 4.78 is 0. The predicted molar refractivity (Wildman–Crippen MR) is 72.5 cm³/mol. The first-order chi connectivity index (χ1) is 9.08. The van der Waals surface area contributed by atoms with Crippen LogP contribution < -0.4 is 5.32 Å². The van der Waals surface area contributed by atoms with Gasteiger partial charge >= 0.3 is 5.97 Å². The zero-order valence-electron chi connectivity index (χ0n) is 10.9. The Hall–Kier alpha value is -1.43. The molecule has 0 spiro atoms. The molecule has 104 valence electrons. The van der Waals surface area contributed by atoms with Gasteiger partial charge in [-0.15, -0.1) is 11.3 Å². The van der Waals surface area contributed by atoms with Gasteiger partial charge in [0, 0.05) is 11.9 Å². The van der Waals surface area contributed by atoms with E-state index in [1.54, 1.807) is 0 Å². The quantitative estimate of drug-likeness (QED) is 0.888. The van der Waals surface area contributed by atoms with Gasteiger partial charge in [0.25, 0.3) is 5.91 Å². The zero-order valence-corrected chi connectivity index (χ0v) is 11.7. The second-order valence-electron chi connectivity index (χ2n) is 5.07. The fourth-order valence-corrected chi connectivity index (χ4v) is 3.18. The van der Waals surface area contributed by atoms with Crippen molar-refractivity contribution >= 4 is 23.2 Å². The number of carbonyl (C=O) groups excluding carboxylic acids is 1. The molecule has 1 aliphatic carbocycles. The van der Waals surface area contributed by atoms with Crippen LogP contribution in [0.2, 0.25) is 0 Å². The van der Waals surface area contributed by atoms with Crippen molar-refractivity contribution in [2.75, 3.05) is 6.54 Å². The maximum atomic E-state index is 11.9. The lowest BCUT2D eigenvalue weighted by atomic mass is 9.80. The Bertz CT molecular complexity index is 472. The Balaban J connectivity index is 1.88. The number of amides is 1. The number of nitrogens with one attached hydrogen (secondary N) is 1. The van der Waals surface area contributed by atoms with Crippen molar-refractivity contribution in [3.8, 4) is 0 Å². The fraction of sp³-hybridized carbons (Fsp3) is 0.615. The standard InChI is InChI=1S/C13H18N2O3S/c1-8-4-2-3-5-9(8)6-14-11(16)12-15-10(7-19-12)13(17)18/h7-9H,2-6H2,1H3,(H,14,16)(H,17,18). The first-order valence-corrected chi connectivity index (χ1v) is 7.43.